The molecule has 1 aromatic carbocycles. The summed E-state index contributed by atoms with van der Waals surface area (Å²) in [5.74, 6) is 0.886. The molecule has 1 aliphatic heterocycles. The van der Waals surface area contributed by atoms with E-state index in [1.165, 1.54) is 12.8 Å². The topological polar surface area (TPSA) is 44.4 Å². The summed E-state index contributed by atoms with van der Waals surface area (Å²) in [7, 11) is 1.89. The summed E-state index contributed by atoms with van der Waals surface area (Å²) in [5.41, 5.74) is 7.34. The van der Waals surface area contributed by atoms with E-state index in [0.717, 1.165) is 29.5 Å². The minimum absolute atomic E-state index is 0.0898. The molecule has 1 heterocycles. The number of hydrogen-bond acceptors (Lipinski definition) is 3. The molecule has 1 saturated heterocycles. The fraction of sp³-hybridized carbons (Fsp3) is 0.533. The Morgan fingerprint density at radius 3 is 2.80 bits per heavy atom. The van der Waals surface area contributed by atoms with Crippen LogP contribution in [0.15, 0.2) is 24.3 Å². The fourth-order valence-corrected chi connectivity index (χ4v) is 2.99. The second kappa shape index (κ2) is 5.72. The largest absolute Gasteiger partial charge is 0.344 e. The zero-order chi connectivity index (χ0) is 14.1. The van der Waals surface area contributed by atoms with Crippen molar-refractivity contribution in [3.05, 3.63) is 34.9 Å². The fourth-order valence-electron chi connectivity index (χ4n) is 2.72. The maximum absolute atomic E-state index is 12.4. The van der Waals surface area contributed by atoms with E-state index in [1.807, 2.05) is 36.2 Å². The summed E-state index contributed by atoms with van der Waals surface area (Å²) in [4.78, 5) is 14.2. The molecule has 0 bridgehead atoms. The predicted molar refractivity (Wildman–Crippen MR) is 79.2 cm³/mol. The van der Waals surface area contributed by atoms with Crippen molar-refractivity contribution < 1.29 is 4.79 Å². The lowest BCUT2D eigenvalue weighted by Gasteiger charge is -2.20. The van der Waals surface area contributed by atoms with Gasteiger partial charge in [-0.1, -0.05) is 29.8 Å². The summed E-state index contributed by atoms with van der Waals surface area (Å²) in [6.07, 6.45) is 3.25. The van der Waals surface area contributed by atoms with E-state index < -0.39 is 0 Å². The van der Waals surface area contributed by atoms with E-state index >= 15 is 0 Å². The van der Waals surface area contributed by atoms with Crippen LogP contribution in [0.2, 0.25) is 5.02 Å². The average Bonchev–Trinajstić information content (AvgIpc) is 3.12. The third kappa shape index (κ3) is 2.97. The van der Waals surface area contributed by atoms with Crippen molar-refractivity contribution in [3.63, 3.8) is 0 Å². The maximum Gasteiger partial charge on any atom is 0.240 e. The summed E-state index contributed by atoms with van der Waals surface area (Å²) < 4.78 is 0. The smallest absolute Gasteiger partial charge is 0.240 e. The van der Waals surface area contributed by atoms with Crippen LogP contribution in [0.3, 0.4) is 0 Å². The van der Waals surface area contributed by atoms with Crippen molar-refractivity contribution in [2.45, 2.75) is 31.3 Å². The first-order valence-electron chi connectivity index (χ1n) is 7.15. The highest BCUT2D eigenvalue weighted by Gasteiger charge is 2.34. The Morgan fingerprint density at radius 1 is 1.35 bits per heavy atom. The number of carbonyl (C=O) groups is 1. The number of amides is 1. The first-order valence-corrected chi connectivity index (χ1v) is 7.53. The quantitative estimate of drug-likeness (QED) is 0.894. The van der Waals surface area contributed by atoms with Gasteiger partial charge in [0.05, 0.1) is 0 Å². The number of likely N-dealkylation sites (N-methyl/N-ethyl adjacent to an activating group) is 1. The third-order valence-electron chi connectivity index (χ3n) is 4.09. The monoisotopic (exact) mass is 293 g/mol. The Labute approximate surface area is 124 Å². The molecule has 0 spiro atoms. The van der Waals surface area contributed by atoms with Crippen LogP contribution >= 0.6 is 11.6 Å². The molecule has 0 radical (unpaired) electrons. The van der Waals surface area contributed by atoms with Crippen LogP contribution in [0.5, 0.6) is 0 Å². The van der Waals surface area contributed by atoms with Gasteiger partial charge in [0.15, 0.2) is 0 Å². The maximum atomic E-state index is 12.4. The second-order valence-corrected chi connectivity index (χ2v) is 6.22. The zero-order valence-electron chi connectivity index (χ0n) is 11.6. The normalized spacial score (nSPS) is 25.7. The Hall–Kier alpha value is -1.10. The van der Waals surface area contributed by atoms with Crippen molar-refractivity contribution in [3.8, 4) is 0 Å². The van der Waals surface area contributed by atoms with Gasteiger partial charge in [0.25, 0.3) is 0 Å². The Balaban J connectivity index is 1.61. The molecule has 1 saturated carbocycles. The number of hydrazine groups is 1. The number of carbonyl (C=O) groups excluding carboxylic acids is 1. The van der Waals surface area contributed by atoms with Gasteiger partial charge in [-0.05, 0) is 36.8 Å². The van der Waals surface area contributed by atoms with Crippen LogP contribution in [-0.4, -0.2) is 30.4 Å². The van der Waals surface area contributed by atoms with E-state index in [-0.39, 0.29) is 18.0 Å². The highest BCUT2D eigenvalue weighted by Crippen LogP contribution is 2.31. The summed E-state index contributed by atoms with van der Waals surface area (Å²) in [6.45, 7) is 0.883. The van der Waals surface area contributed by atoms with Crippen molar-refractivity contribution >= 4 is 17.5 Å². The van der Waals surface area contributed by atoms with Gasteiger partial charge in [0.2, 0.25) is 5.91 Å². The van der Waals surface area contributed by atoms with Crippen LogP contribution in [-0.2, 0) is 4.79 Å². The van der Waals surface area contributed by atoms with Gasteiger partial charge in [0.1, 0.15) is 6.04 Å². The lowest BCUT2D eigenvalue weighted by atomic mass is 10.0. The summed E-state index contributed by atoms with van der Waals surface area (Å²) >= 11 is 6.21. The minimum atomic E-state index is -0.167. The van der Waals surface area contributed by atoms with Crippen LogP contribution in [0.4, 0.5) is 0 Å². The molecule has 0 aromatic heterocycles. The number of rotatable bonds is 4. The van der Waals surface area contributed by atoms with Crippen molar-refractivity contribution in [2.75, 3.05) is 13.6 Å². The highest BCUT2D eigenvalue weighted by molar-refractivity contribution is 6.31. The van der Waals surface area contributed by atoms with Crippen LogP contribution in [0.25, 0.3) is 0 Å². The molecule has 20 heavy (non-hydrogen) atoms. The molecule has 5 heteroatoms. The molecule has 2 aliphatic rings. The molecular weight excluding hydrogens is 274 g/mol. The molecule has 2 unspecified atom stereocenters. The molecule has 2 atom stereocenters. The van der Waals surface area contributed by atoms with Gasteiger partial charge in [-0.15, -0.1) is 0 Å². The SMILES string of the molecule is CN(CC1CC1)C(=O)C1CC(c2ccccc2Cl)NN1. The number of nitrogens with zero attached hydrogens (tertiary/aromatic N) is 1. The van der Waals surface area contributed by atoms with Gasteiger partial charge in [-0.3, -0.25) is 4.79 Å². The minimum Gasteiger partial charge on any atom is -0.344 e. The molecule has 2 fully saturated rings. The van der Waals surface area contributed by atoms with Gasteiger partial charge in [-0.2, -0.15) is 0 Å². The van der Waals surface area contributed by atoms with E-state index in [1.54, 1.807) is 0 Å². The van der Waals surface area contributed by atoms with Crippen LogP contribution in [0, 0.1) is 5.92 Å². The Kier molecular flexibility index (Phi) is 3.96. The van der Waals surface area contributed by atoms with Crippen molar-refractivity contribution in [1.29, 1.82) is 0 Å². The second-order valence-electron chi connectivity index (χ2n) is 5.81. The molecule has 4 nitrogen and oxygen atoms in total. The van der Waals surface area contributed by atoms with Crippen LogP contribution in [0.1, 0.15) is 30.9 Å². The van der Waals surface area contributed by atoms with E-state index in [9.17, 15) is 4.79 Å². The number of hydrogen-bond donors (Lipinski definition) is 2. The molecule has 1 aliphatic carbocycles. The Morgan fingerprint density at radius 2 is 2.10 bits per heavy atom. The lowest BCUT2D eigenvalue weighted by Crippen LogP contribution is -2.44. The lowest BCUT2D eigenvalue weighted by molar-refractivity contribution is -0.132. The predicted octanol–water partition coefficient (Wildman–Crippen LogP) is 2.12. The van der Waals surface area contributed by atoms with E-state index in [4.69, 9.17) is 11.6 Å². The molecular formula is C15H20ClN3O. The zero-order valence-corrected chi connectivity index (χ0v) is 12.4. The highest BCUT2D eigenvalue weighted by atomic mass is 35.5. The van der Waals surface area contributed by atoms with Crippen molar-refractivity contribution in [2.24, 2.45) is 5.92 Å². The molecule has 1 amide bonds. The number of nitrogens with one attached hydrogen (secondary N) is 2. The standard InChI is InChI=1S/C15H20ClN3O/c1-19(9-10-6-7-10)15(20)14-8-13(17-18-14)11-4-2-3-5-12(11)16/h2-5,10,13-14,17-18H,6-9H2,1H3. The number of benzene rings is 1. The average molecular weight is 294 g/mol. The summed E-state index contributed by atoms with van der Waals surface area (Å²) in [5, 5.41) is 0.742. The third-order valence-corrected chi connectivity index (χ3v) is 4.43. The van der Waals surface area contributed by atoms with E-state index in [0.29, 0.717) is 0 Å². The molecule has 3 rings (SSSR count). The first-order chi connectivity index (χ1) is 9.65. The Bertz CT molecular complexity index is 504. The van der Waals surface area contributed by atoms with Crippen LogP contribution < -0.4 is 10.9 Å². The molecule has 2 N–H and O–H groups in total. The van der Waals surface area contributed by atoms with Gasteiger partial charge >= 0.3 is 0 Å². The van der Waals surface area contributed by atoms with Gasteiger partial charge in [-0.25, -0.2) is 10.9 Å². The van der Waals surface area contributed by atoms with E-state index in [2.05, 4.69) is 10.9 Å². The van der Waals surface area contributed by atoms with Gasteiger partial charge < -0.3 is 4.90 Å². The molecule has 1 aromatic rings. The van der Waals surface area contributed by atoms with Crippen molar-refractivity contribution in [1.82, 2.24) is 15.8 Å². The first kappa shape index (κ1) is 13.9. The number of halogens is 1. The molecule has 108 valence electrons. The van der Waals surface area contributed by atoms with Gasteiger partial charge in [0, 0.05) is 24.7 Å². The summed E-state index contributed by atoms with van der Waals surface area (Å²) in [6, 6.07) is 7.69.